The number of aromatic nitrogens is 3. The average molecular weight is 448 g/mol. The summed E-state index contributed by atoms with van der Waals surface area (Å²) < 4.78 is 6.72. The van der Waals surface area contributed by atoms with Crippen LogP contribution in [0.4, 0.5) is 0 Å². The molecule has 0 spiro atoms. The number of allylic oxidation sites excluding steroid dienone is 1. The molecule has 1 aromatic heterocycles. The Morgan fingerprint density at radius 3 is 2.76 bits per heavy atom. The molecule has 0 amide bonds. The summed E-state index contributed by atoms with van der Waals surface area (Å²) in [5.74, 6) is 0. The zero-order chi connectivity index (χ0) is 23.5. The SMILES string of the molecule is CN/C=C\C(=N)c1ccc(Cc2cc3c(=O)n([C@H]4COCC[C@@H]4O)nnc3c(C)c2C)cc1. The molecule has 1 aliphatic heterocycles. The van der Waals surface area contributed by atoms with Crippen molar-refractivity contribution in [3.05, 3.63) is 80.8 Å². The van der Waals surface area contributed by atoms with Crippen molar-refractivity contribution in [3.8, 4) is 0 Å². The van der Waals surface area contributed by atoms with Crippen molar-refractivity contribution in [3.63, 3.8) is 0 Å². The summed E-state index contributed by atoms with van der Waals surface area (Å²) in [6.07, 6.45) is 3.87. The number of nitrogens with one attached hydrogen (secondary N) is 2. The van der Waals surface area contributed by atoms with Gasteiger partial charge >= 0.3 is 0 Å². The van der Waals surface area contributed by atoms with Crippen LogP contribution in [-0.4, -0.2) is 52.2 Å². The monoisotopic (exact) mass is 447 g/mol. The molecule has 33 heavy (non-hydrogen) atoms. The van der Waals surface area contributed by atoms with E-state index in [2.05, 4.69) is 15.6 Å². The number of hydrogen-bond donors (Lipinski definition) is 3. The number of ether oxygens (including phenoxy) is 1. The van der Waals surface area contributed by atoms with Crippen molar-refractivity contribution in [2.24, 2.45) is 0 Å². The van der Waals surface area contributed by atoms with Gasteiger partial charge in [0.25, 0.3) is 5.56 Å². The third-order valence-electron chi connectivity index (χ3n) is 6.33. The van der Waals surface area contributed by atoms with Crippen molar-refractivity contribution < 1.29 is 9.84 Å². The van der Waals surface area contributed by atoms with Crippen LogP contribution in [0.15, 0.2) is 47.4 Å². The molecule has 3 N–H and O–H groups in total. The highest BCUT2D eigenvalue weighted by molar-refractivity contribution is 6.06. The zero-order valence-electron chi connectivity index (χ0n) is 19.1. The second-order valence-electron chi connectivity index (χ2n) is 8.43. The van der Waals surface area contributed by atoms with Crippen LogP contribution in [0.1, 0.15) is 40.3 Å². The Kier molecular flexibility index (Phi) is 6.67. The Balaban J connectivity index is 1.69. The fourth-order valence-electron chi connectivity index (χ4n) is 4.15. The molecule has 0 aliphatic carbocycles. The Labute approximate surface area is 192 Å². The quantitative estimate of drug-likeness (QED) is 0.500. The molecular weight excluding hydrogens is 418 g/mol. The van der Waals surface area contributed by atoms with Crippen molar-refractivity contribution >= 4 is 16.6 Å². The maximum atomic E-state index is 13.3. The van der Waals surface area contributed by atoms with Crippen molar-refractivity contribution in [1.82, 2.24) is 20.3 Å². The molecule has 8 nitrogen and oxygen atoms in total. The highest BCUT2D eigenvalue weighted by atomic mass is 16.5. The standard InChI is InChI=1S/C25H29N5O3/c1-15-16(2)24-20(25(32)30(29-28-24)22-14-33-11-9-23(22)31)13-19(15)12-17-4-6-18(7-5-17)21(26)8-10-27-3/h4-8,10,13,22-23,26-27,31H,9,11-12,14H2,1-3H3/b10-8-,26-21?/t22-,23-/m0/s1. The van der Waals surface area contributed by atoms with Crippen LogP contribution in [0.25, 0.3) is 10.9 Å². The Morgan fingerprint density at radius 1 is 1.30 bits per heavy atom. The van der Waals surface area contributed by atoms with E-state index in [0.29, 0.717) is 36.1 Å². The van der Waals surface area contributed by atoms with Gasteiger partial charge in [0.15, 0.2) is 0 Å². The molecule has 0 radical (unpaired) electrons. The number of aliphatic hydroxyl groups is 1. The minimum Gasteiger partial charge on any atom is -0.394 e. The maximum absolute atomic E-state index is 13.3. The summed E-state index contributed by atoms with van der Waals surface area (Å²) >= 11 is 0. The zero-order valence-corrected chi connectivity index (χ0v) is 19.1. The van der Waals surface area contributed by atoms with Crippen LogP contribution < -0.4 is 10.9 Å². The van der Waals surface area contributed by atoms with Crippen LogP contribution in [-0.2, 0) is 11.2 Å². The van der Waals surface area contributed by atoms with Gasteiger partial charge in [-0.2, -0.15) is 0 Å². The van der Waals surface area contributed by atoms with Crippen LogP contribution in [0, 0.1) is 19.3 Å². The number of aryl methyl sites for hydroxylation is 1. The van der Waals surface area contributed by atoms with Gasteiger partial charge in [-0.3, -0.25) is 4.79 Å². The normalized spacial score (nSPS) is 18.7. The summed E-state index contributed by atoms with van der Waals surface area (Å²) in [7, 11) is 1.80. The largest absolute Gasteiger partial charge is 0.394 e. The topological polar surface area (TPSA) is 113 Å². The first-order valence-corrected chi connectivity index (χ1v) is 11.1. The third-order valence-corrected chi connectivity index (χ3v) is 6.33. The Bertz CT molecular complexity index is 1260. The minimum absolute atomic E-state index is 0.240. The lowest BCUT2D eigenvalue weighted by atomic mass is 9.94. The van der Waals surface area contributed by atoms with Crippen molar-refractivity contribution in [2.45, 2.75) is 38.8 Å². The number of benzene rings is 2. The Hall–Kier alpha value is -3.36. The van der Waals surface area contributed by atoms with Gasteiger partial charge in [0.1, 0.15) is 11.6 Å². The van der Waals surface area contributed by atoms with Crippen LogP contribution in [0.3, 0.4) is 0 Å². The lowest BCUT2D eigenvalue weighted by molar-refractivity contribution is -0.0352. The molecule has 2 atom stereocenters. The second-order valence-corrected chi connectivity index (χ2v) is 8.43. The van der Waals surface area contributed by atoms with E-state index >= 15 is 0 Å². The molecule has 3 aromatic rings. The van der Waals surface area contributed by atoms with Gasteiger partial charge in [0.05, 0.1) is 23.8 Å². The van der Waals surface area contributed by atoms with E-state index in [1.807, 2.05) is 44.2 Å². The fraction of sp³-hybridized carbons (Fsp3) is 0.360. The van der Waals surface area contributed by atoms with E-state index < -0.39 is 12.1 Å². The summed E-state index contributed by atoms with van der Waals surface area (Å²) in [4.78, 5) is 13.3. The number of fused-ring (bicyclic) bond motifs is 1. The van der Waals surface area contributed by atoms with Crippen molar-refractivity contribution in [1.29, 1.82) is 5.41 Å². The molecule has 0 saturated carbocycles. The molecular formula is C25H29N5O3. The van der Waals surface area contributed by atoms with Gasteiger partial charge in [0, 0.05) is 13.7 Å². The fourth-order valence-corrected chi connectivity index (χ4v) is 4.15. The number of aliphatic hydroxyl groups excluding tert-OH is 1. The number of rotatable bonds is 6. The van der Waals surface area contributed by atoms with E-state index in [1.165, 1.54) is 4.68 Å². The lowest BCUT2D eigenvalue weighted by Crippen LogP contribution is -2.41. The molecule has 0 bridgehead atoms. The molecule has 1 saturated heterocycles. The van der Waals surface area contributed by atoms with Gasteiger partial charge < -0.3 is 20.6 Å². The third kappa shape index (κ3) is 4.58. The highest BCUT2D eigenvalue weighted by Crippen LogP contribution is 2.25. The summed E-state index contributed by atoms with van der Waals surface area (Å²) in [6, 6.07) is 9.25. The van der Waals surface area contributed by atoms with Crippen LogP contribution in [0.5, 0.6) is 0 Å². The summed E-state index contributed by atoms with van der Waals surface area (Å²) in [5, 5.41) is 30.3. The van der Waals surface area contributed by atoms with E-state index in [9.17, 15) is 9.90 Å². The smallest absolute Gasteiger partial charge is 0.278 e. The van der Waals surface area contributed by atoms with E-state index in [4.69, 9.17) is 10.1 Å². The summed E-state index contributed by atoms with van der Waals surface area (Å²) in [5.41, 5.74) is 5.71. The number of hydrogen-bond acceptors (Lipinski definition) is 7. The molecule has 4 rings (SSSR count). The van der Waals surface area contributed by atoms with E-state index in [1.54, 1.807) is 19.3 Å². The van der Waals surface area contributed by atoms with Gasteiger partial charge in [-0.05, 0) is 72.8 Å². The molecule has 1 aliphatic rings. The average Bonchev–Trinajstić information content (AvgIpc) is 2.82. The highest BCUT2D eigenvalue weighted by Gasteiger charge is 2.28. The first kappa shape index (κ1) is 22.8. The second kappa shape index (κ2) is 9.64. The first-order chi connectivity index (χ1) is 15.9. The van der Waals surface area contributed by atoms with Gasteiger partial charge in [-0.15, -0.1) is 5.10 Å². The molecule has 8 heteroatoms. The predicted molar refractivity (Wildman–Crippen MR) is 128 cm³/mol. The Morgan fingerprint density at radius 2 is 2.06 bits per heavy atom. The van der Waals surface area contributed by atoms with E-state index in [0.717, 1.165) is 27.8 Å². The maximum Gasteiger partial charge on any atom is 0.278 e. The van der Waals surface area contributed by atoms with Crippen LogP contribution in [0.2, 0.25) is 0 Å². The molecule has 1 fully saturated rings. The number of nitrogens with zero attached hydrogens (tertiary/aromatic N) is 3. The summed E-state index contributed by atoms with van der Waals surface area (Å²) in [6.45, 7) is 4.70. The molecule has 0 unspecified atom stereocenters. The van der Waals surface area contributed by atoms with Gasteiger partial charge in [0.2, 0.25) is 0 Å². The van der Waals surface area contributed by atoms with E-state index in [-0.39, 0.29) is 12.2 Å². The lowest BCUT2D eigenvalue weighted by Gasteiger charge is -2.27. The minimum atomic E-state index is -0.686. The van der Waals surface area contributed by atoms with Gasteiger partial charge in [-0.25, -0.2) is 4.68 Å². The first-order valence-electron chi connectivity index (χ1n) is 11.1. The van der Waals surface area contributed by atoms with Gasteiger partial charge in [-0.1, -0.05) is 29.5 Å². The molecule has 2 aromatic carbocycles. The van der Waals surface area contributed by atoms with Crippen molar-refractivity contribution in [2.75, 3.05) is 20.3 Å². The molecule has 2 heterocycles. The van der Waals surface area contributed by atoms with Crippen LogP contribution >= 0.6 is 0 Å². The molecule has 172 valence electrons. The predicted octanol–water partition coefficient (Wildman–Crippen LogP) is 2.42.